The number of benzene rings is 3. The molecule has 0 aliphatic rings. The maximum atomic E-state index is 13.7. The van der Waals surface area contributed by atoms with E-state index in [1.807, 2.05) is 99.6 Å². The summed E-state index contributed by atoms with van der Waals surface area (Å²) in [5, 5.41) is 3.02. The van der Waals surface area contributed by atoms with Crippen LogP contribution in [-0.2, 0) is 22.6 Å². The highest BCUT2D eigenvalue weighted by molar-refractivity contribution is 5.88. The molecule has 1 atom stereocenters. The molecule has 0 heterocycles. The Hall–Kier alpha value is -3.60. The minimum absolute atomic E-state index is 0.0405. The van der Waals surface area contributed by atoms with Crippen molar-refractivity contribution in [2.75, 3.05) is 6.61 Å². The number of hydrogen-bond donors (Lipinski definition) is 1. The first-order chi connectivity index (χ1) is 17.2. The molecule has 0 aromatic heterocycles. The van der Waals surface area contributed by atoms with E-state index >= 15 is 0 Å². The van der Waals surface area contributed by atoms with Crippen LogP contribution in [0.3, 0.4) is 0 Å². The molecule has 3 aromatic carbocycles. The van der Waals surface area contributed by atoms with Gasteiger partial charge >= 0.3 is 0 Å². The topological polar surface area (TPSA) is 58.6 Å². The minimum Gasteiger partial charge on any atom is -0.483 e. The van der Waals surface area contributed by atoms with E-state index in [4.69, 9.17) is 4.74 Å². The molecule has 0 aliphatic carbocycles. The summed E-state index contributed by atoms with van der Waals surface area (Å²) in [6.45, 7) is 10.2. The summed E-state index contributed by atoms with van der Waals surface area (Å²) in [5.74, 6) is 0.566. The number of nitrogens with one attached hydrogen (secondary N) is 1. The molecule has 0 aliphatic heterocycles. The molecule has 0 fully saturated rings. The predicted octanol–water partition coefficient (Wildman–Crippen LogP) is 5.66. The Labute approximate surface area is 215 Å². The maximum absolute atomic E-state index is 13.7. The monoisotopic (exact) mass is 486 g/mol. The lowest BCUT2D eigenvalue weighted by Crippen LogP contribution is -2.52. The van der Waals surface area contributed by atoms with Crippen LogP contribution < -0.4 is 10.1 Å². The number of nitrogens with zero attached hydrogens (tertiary/aromatic N) is 1. The number of para-hydroxylation sites is 1. The maximum Gasteiger partial charge on any atom is 0.261 e. The van der Waals surface area contributed by atoms with Gasteiger partial charge in [-0.3, -0.25) is 9.59 Å². The second kappa shape index (κ2) is 12.9. The largest absolute Gasteiger partial charge is 0.483 e. The molecule has 0 saturated heterocycles. The fourth-order valence-corrected chi connectivity index (χ4v) is 4.14. The summed E-state index contributed by atoms with van der Waals surface area (Å²) in [7, 11) is 0. The van der Waals surface area contributed by atoms with Gasteiger partial charge in [0.15, 0.2) is 6.61 Å². The standard InChI is InChI=1S/C31H38N2O3/c1-22(2)27-13-9-10-14-29(27)36-21-30(34)33(20-26-17-15-24(5)16-18-26)28(31(35)32-23(3)4)19-25-11-7-6-8-12-25/h6-18,22-23,28H,19-21H2,1-5H3,(H,32,35). The fraction of sp³-hybridized carbons (Fsp3) is 0.355. The number of carbonyl (C=O) groups excluding carboxylic acids is 2. The third kappa shape index (κ3) is 7.70. The Bertz CT molecular complexity index is 1120. The first-order valence-corrected chi connectivity index (χ1v) is 12.7. The van der Waals surface area contributed by atoms with Crippen molar-refractivity contribution in [3.8, 4) is 5.75 Å². The molecule has 2 amide bonds. The van der Waals surface area contributed by atoms with Crippen molar-refractivity contribution in [1.29, 1.82) is 0 Å². The Morgan fingerprint density at radius 2 is 1.47 bits per heavy atom. The fourth-order valence-electron chi connectivity index (χ4n) is 4.14. The Kier molecular flexibility index (Phi) is 9.69. The van der Waals surface area contributed by atoms with Crippen LogP contribution >= 0.6 is 0 Å². The highest BCUT2D eigenvalue weighted by Crippen LogP contribution is 2.26. The lowest BCUT2D eigenvalue weighted by molar-refractivity contribution is -0.143. The molecular weight excluding hydrogens is 448 g/mol. The van der Waals surface area contributed by atoms with Gasteiger partial charge in [0, 0.05) is 19.0 Å². The summed E-state index contributed by atoms with van der Waals surface area (Å²) >= 11 is 0. The van der Waals surface area contributed by atoms with Crippen LogP contribution in [0.2, 0.25) is 0 Å². The van der Waals surface area contributed by atoms with E-state index in [0.29, 0.717) is 18.7 Å². The highest BCUT2D eigenvalue weighted by atomic mass is 16.5. The van der Waals surface area contributed by atoms with Gasteiger partial charge in [-0.1, -0.05) is 92.2 Å². The molecule has 36 heavy (non-hydrogen) atoms. The zero-order chi connectivity index (χ0) is 26.1. The highest BCUT2D eigenvalue weighted by Gasteiger charge is 2.31. The molecule has 5 nitrogen and oxygen atoms in total. The van der Waals surface area contributed by atoms with Gasteiger partial charge in [0.1, 0.15) is 11.8 Å². The summed E-state index contributed by atoms with van der Waals surface area (Å²) in [6, 6.07) is 24.9. The normalized spacial score (nSPS) is 11.9. The van der Waals surface area contributed by atoms with Gasteiger partial charge < -0.3 is 15.0 Å². The molecule has 0 spiro atoms. The van der Waals surface area contributed by atoms with Crippen LogP contribution in [-0.4, -0.2) is 35.4 Å². The van der Waals surface area contributed by atoms with Crippen molar-refractivity contribution >= 4 is 11.8 Å². The second-order valence-electron chi connectivity index (χ2n) is 9.86. The zero-order valence-corrected chi connectivity index (χ0v) is 22.0. The van der Waals surface area contributed by atoms with Gasteiger partial charge in [0.25, 0.3) is 5.91 Å². The van der Waals surface area contributed by atoms with Gasteiger partial charge in [-0.15, -0.1) is 0 Å². The molecule has 0 radical (unpaired) electrons. The van der Waals surface area contributed by atoms with Crippen molar-refractivity contribution in [1.82, 2.24) is 10.2 Å². The van der Waals surface area contributed by atoms with Crippen LogP contribution in [0, 0.1) is 6.92 Å². The van der Waals surface area contributed by atoms with E-state index < -0.39 is 6.04 Å². The van der Waals surface area contributed by atoms with Crippen LogP contribution in [0.1, 0.15) is 55.9 Å². The molecule has 0 saturated carbocycles. The summed E-state index contributed by atoms with van der Waals surface area (Å²) in [4.78, 5) is 28.8. The quantitative estimate of drug-likeness (QED) is 0.380. The zero-order valence-electron chi connectivity index (χ0n) is 22.0. The Balaban J connectivity index is 1.92. The smallest absolute Gasteiger partial charge is 0.261 e. The van der Waals surface area contributed by atoms with Gasteiger partial charge in [-0.2, -0.15) is 0 Å². The molecule has 1 unspecified atom stereocenters. The summed E-state index contributed by atoms with van der Waals surface area (Å²) in [5.41, 5.74) is 4.15. The van der Waals surface area contributed by atoms with Crippen LogP contribution in [0.4, 0.5) is 0 Å². The molecule has 0 bridgehead atoms. The first kappa shape index (κ1) is 27.0. The average molecular weight is 487 g/mol. The predicted molar refractivity (Wildman–Crippen MR) is 145 cm³/mol. The van der Waals surface area contributed by atoms with Crippen molar-refractivity contribution in [3.05, 3.63) is 101 Å². The summed E-state index contributed by atoms with van der Waals surface area (Å²) < 4.78 is 6.04. The second-order valence-corrected chi connectivity index (χ2v) is 9.86. The Morgan fingerprint density at radius 3 is 2.11 bits per heavy atom. The minimum atomic E-state index is -0.674. The van der Waals surface area contributed by atoms with Gasteiger partial charge in [0.2, 0.25) is 5.91 Å². The van der Waals surface area contributed by atoms with Crippen molar-refractivity contribution in [3.63, 3.8) is 0 Å². The van der Waals surface area contributed by atoms with E-state index in [1.165, 1.54) is 0 Å². The van der Waals surface area contributed by atoms with Crippen LogP contribution in [0.5, 0.6) is 5.75 Å². The summed E-state index contributed by atoms with van der Waals surface area (Å²) in [6.07, 6.45) is 0.416. The van der Waals surface area contributed by atoms with E-state index in [-0.39, 0.29) is 30.4 Å². The molecule has 1 N–H and O–H groups in total. The number of ether oxygens (including phenoxy) is 1. The first-order valence-electron chi connectivity index (χ1n) is 12.7. The Morgan fingerprint density at radius 1 is 0.833 bits per heavy atom. The van der Waals surface area contributed by atoms with Gasteiger partial charge in [-0.05, 0) is 49.4 Å². The van der Waals surface area contributed by atoms with Gasteiger partial charge in [-0.25, -0.2) is 0 Å². The number of aryl methyl sites for hydroxylation is 1. The molecule has 190 valence electrons. The van der Waals surface area contributed by atoms with E-state index in [0.717, 1.165) is 22.3 Å². The van der Waals surface area contributed by atoms with Crippen LogP contribution in [0.25, 0.3) is 0 Å². The van der Waals surface area contributed by atoms with Crippen molar-refractivity contribution < 1.29 is 14.3 Å². The number of rotatable bonds is 11. The number of carbonyl (C=O) groups is 2. The lowest BCUT2D eigenvalue weighted by atomic mass is 10.0. The number of hydrogen-bond acceptors (Lipinski definition) is 3. The van der Waals surface area contributed by atoms with Crippen LogP contribution in [0.15, 0.2) is 78.9 Å². The SMILES string of the molecule is Cc1ccc(CN(C(=O)COc2ccccc2C(C)C)C(Cc2ccccc2)C(=O)NC(C)C)cc1. The third-order valence-electron chi connectivity index (χ3n) is 6.07. The van der Waals surface area contributed by atoms with Crippen molar-refractivity contribution in [2.45, 2.75) is 65.6 Å². The molecule has 3 rings (SSSR count). The van der Waals surface area contributed by atoms with E-state index in [2.05, 4.69) is 19.2 Å². The lowest BCUT2D eigenvalue weighted by Gasteiger charge is -2.32. The van der Waals surface area contributed by atoms with E-state index in [9.17, 15) is 9.59 Å². The van der Waals surface area contributed by atoms with E-state index in [1.54, 1.807) is 4.90 Å². The van der Waals surface area contributed by atoms with Crippen molar-refractivity contribution in [2.24, 2.45) is 0 Å². The average Bonchev–Trinajstić information content (AvgIpc) is 2.86. The molecule has 3 aromatic rings. The molecule has 5 heteroatoms. The van der Waals surface area contributed by atoms with Gasteiger partial charge in [0.05, 0.1) is 0 Å². The number of amides is 2. The third-order valence-corrected chi connectivity index (χ3v) is 6.07. The molecular formula is C31H38N2O3.